The van der Waals surface area contributed by atoms with Crippen molar-refractivity contribution in [3.63, 3.8) is 0 Å². The number of anilines is 1. The number of halogens is 1. The monoisotopic (exact) mass is 364 g/mol. The summed E-state index contributed by atoms with van der Waals surface area (Å²) in [5.74, 6) is -0.763. The lowest BCUT2D eigenvalue weighted by atomic mass is 10.0. The highest BCUT2D eigenvalue weighted by molar-refractivity contribution is 7.88. The Morgan fingerprint density at radius 3 is 2.36 bits per heavy atom. The molecular formula is C18H21FN2O3S. The smallest absolute Gasteiger partial charge is 0.226 e. The molecule has 0 aliphatic heterocycles. The summed E-state index contributed by atoms with van der Waals surface area (Å²) in [6.45, 7) is 3.84. The zero-order chi connectivity index (χ0) is 18.6. The van der Waals surface area contributed by atoms with Gasteiger partial charge in [-0.3, -0.25) is 4.79 Å². The highest BCUT2D eigenvalue weighted by atomic mass is 32.2. The minimum Gasteiger partial charge on any atom is -0.326 e. The van der Waals surface area contributed by atoms with Gasteiger partial charge in [0.05, 0.1) is 12.3 Å². The number of nitrogens with one attached hydrogen (secondary N) is 2. The van der Waals surface area contributed by atoms with Crippen molar-refractivity contribution in [2.75, 3.05) is 11.6 Å². The van der Waals surface area contributed by atoms with Crippen LogP contribution in [0.15, 0.2) is 42.5 Å². The van der Waals surface area contributed by atoms with Crippen LogP contribution in [0, 0.1) is 19.7 Å². The molecule has 0 bridgehead atoms. The molecule has 2 aromatic carbocycles. The average molecular weight is 364 g/mol. The minimum atomic E-state index is -3.54. The van der Waals surface area contributed by atoms with Gasteiger partial charge in [0.1, 0.15) is 5.82 Å². The first kappa shape index (κ1) is 19.1. The SMILES string of the molecule is Cc1cccc(NC(=O)CC(NS(C)(=O)=O)c2ccc(F)cc2)c1C. The van der Waals surface area contributed by atoms with Gasteiger partial charge in [-0.1, -0.05) is 24.3 Å². The molecule has 7 heteroatoms. The topological polar surface area (TPSA) is 75.3 Å². The Kier molecular flexibility index (Phi) is 5.92. The van der Waals surface area contributed by atoms with E-state index in [0.29, 0.717) is 11.3 Å². The fourth-order valence-corrected chi connectivity index (χ4v) is 3.19. The summed E-state index contributed by atoms with van der Waals surface area (Å²) >= 11 is 0. The van der Waals surface area contributed by atoms with E-state index in [0.717, 1.165) is 17.4 Å². The molecule has 0 aliphatic rings. The van der Waals surface area contributed by atoms with Crippen LogP contribution < -0.4 is 10.0 Å². The van der Waals surface area contributed by atoms with Crippen molar-refractivity contribution in [1.29, 1.82) is 0 Å². The fourth-order valence-electron chi connectivity index (χ4n) is 2.45. The molecule has 25 heavy (non-hydrogen) atoms. The second kappa shape index (κ2) is 7.76. The van der Waals surface area contributed by atoms with E-state index in [4.69, 9.17) is 0 Å². The predicted octanol–water partition coefficient (Wildman–Crippen LogP) is 3.06. The fraction of sp³-hybridized carbons (Fsp3) is 0.278. The molecule has 0 aliphatic carbocycles. The lowest BCUT2D eigenvalue weighted by molar-refractivity contribution is -0.116. The Bertz CT molecular complexity index is 864. The number of rotatable bonds is 6. The molecule has 2 rings (SSSR count). The molecule has 5 nitrogen and oxygen atoms in total. The number of aryl methyl sites for hydroxylation is 1. The predicted molar refractivity (Wildman–Crippen MR) is 96.3 cm³/mol. The summed E-state index contributed by atoms with van der Waals surface area (Å²) in [6, 6.07) is 10.2. The van der Waals surface area contributed by atoms with Crippen LogP contribution in [0.4, 0.5) is 10.1 Å². The number of hydrogen-bond donors (Lipinski definition) is 2. The van der Waals surface area contributed by atoms with Crippen molar-refractivity contribution in [3.8, 4) is 0 Å². The van der Waals surface area contributed by atoms with Crippen molar-refractivity contribution >= 4 is 21.6 Å². The molecule has 2 aromatic rings. The van der Waals surface area contributed by atoms with Crippen LogP contribution in [-0.4, -0.2) is 20.6 Å². The van der Waals surface area contributed by atoms with E-state index < -0.39 is 21.9 Å². The van der Waals surface area contributed by atoms with E-state index in [-0.39, 0.29) is 12.3 Å². The minimum absolute atomic E-state index is 0.105. The van der Waals surface area contributed by atoms with Crippen molar-refractivity contribution < 1.29 is 17.6 Å². The number of benzene rings is 2. The van der Waals surface area contributed by atoms with Gasteiger partial charge in [-0.15, -0.1) is 0 Å². The normalized spacial score (nSPS) is 12.6. The third kappa shape index (κ3) is 5.65. The molecule has 1 amide bonds. The summed E-state index contributed by atoms with van der Waals surface area (Å²) in [4.78, 5) is 12.4. The molecule has 0 saturated heterocycles. The van der Waals surface area contributed by atoms with Gasteiger partial charge in [0.25, 0.3) is 0 Å². The van der Waals surface area contributed by atoms with Crippen LogP contribution in [-0.2, 0) is 14.8 Å². The van der Waals surface area contributed by atoms with Gasteiger partial charge in [-0.2, -0.15) is 0 Å². The summed E-state index contributed by atoms with van der Waals surface area (Å²) in [5, 5.41) is 2.80. The lowest BCUT2D eigenvalue weighted by Gasteiger charge is -2.18. The first-order valence-electron chi connectivity index (χ1n) is 7.74. The standard InChI is InChI=1S/C18H21FN2O3S/c1-12-5-4-6-16(13(12)2)20-18(22)11-17(21-25(3,23)24)14-7-9-15(19)10-8-14/h4-10,17,21H,11H2,1-3H3,(H,20,22). The second-order valence-corrected chi connectivity index (χ2v) is 7.77. The molecule has 0 spiro atoms. The zero-order valence-corrected chi connectivity index (χ0v) is 15.2. The van der Waals surface area contributed by atoms with Gasteiger partial charge in [-0.05, 0) is 48.7 Å². The van der Waals surface area contributed by atoms with E-state index in [9.17, 15) is 17.6 Å². The van der Waals surface area contributed by atoms with Crippen molar-refractivity contribution in [3.05, 3.63) is 65.0 Å². The number of hydrogen-bond acceptors (Lipinski definition) is 3. The van der Waals surface area contributed by atoms with Gasteiger partial charge in [0.2, 0.25) is 15.9 Å². The van der Waals surface area contributed by atoms with E-state index >= 15 is 0 Å². The Hall–Kier alpha value is -2.25. The molecule has 0 aromatic heterocycles. The average Bonchev–Trinajstić information content (AvgIpc) is 2.50. The number of carbonyl (C=O) groups excluding carboxylic acids is 1. The van der Waals surface area contributed by atoms with Gasteiger partial charge < -0.3 is 5.32 Å². The molecule has 0 heterocycles. The van der Waals surface area contributed by atoms with Crippen LogP contribution in [0.5, 0.6) is 0 Å². The van der Waals surface area contributed by atoms with Crippen LogP contribution in [0.25, 0.3) is 0 Å². The summed E-state index contributed by atoms with van der Waals surface area (Å²) in [7, 11) is -3.54. The number of amides is 1. The zero-order valence-electron chi connectivity index (χ0n) is 14.3. The van der Waals surface area contributed by atoms with Crippen molar-refractivity contribution in [1.82, 2.24) is 4.72 Å². The third-order valence-corrected chi connectivity index (χ3v) is 4.61. The highest BCUT2D eigenvalue weighted by Crippen LogP contribution is 2.22. The van der Waals surface area contributed by atoms with Crippen molar-refractivity contribution in [2.24, 2.45) is 0 Å². The second-order valence-electron chi connectivity index (χ2n) is 5.99. The van der Waals surface area contributed by atoms with Crippen LogP contribution in [0.1, 0.15) is 29.2 Å². The molecule has 0 fully saturated rings. The third-order valence-electron chi connectivity index (χ3n) is 3.90. The number of sulfonamides is 1. The van der Waals surface area contributed by atoms with E-state index in [2.05, 4.69) is 10.0 Å². The Morgan fingerprint density at radius 2 is 1.76 bits per heavy atom. The molecule has 1 unspecified atom stereocenters. The molecule has 1 atom stereocenters. The maximum Gasteiger partial charge on any atom is 0.226 e. The van der Waals surface area contributed by atoms with E-state index in [1.165, 1.54) is 24.3 Å². The van der Waals surface area contributed by atoms with E-state index in [1.807, 2.05) is 26.0 Å². The lowest BCUT2D eigenvalue weighted by Crippen LogP contribution is -2.30. The van der Waals surface area contributed by atoms with Gasteiger partial charge in [0.15, 0.2) is 0 Å². The molecule has 0 radical (unpaired) electrons. The number of carbonyl (C=O) groups is 1. The maximum absolute atomic E-state index is 13.1. The molecule has 134 valence electrons. The summed E-state index contributed by atoms with van der Waals surface area (Å²) in [6.07, 6.45) is 0.915. The van der Waals surface area contributed by atoms with Gasteiger partial charge in [0, 0.05) is 12.1 Å². The highest BCUT2D eigenvalue weighted by Gasteiger charge is 2.20. The first-order valence-corrected chi connectivity index (χ1v) is 9.63. The van der Waals surface area contributed by atoms with Gasteiger partial charge in [-0.25, -0.2) is 17.5 Å². The Morgan fingerprint density at radius 1 is 1.12 bits per heavy atom. The largest absolute Gasteiger partial charge is 0.326 e. The van der Waals surface area contributed by atoms with Crippen molar-refractivity contribution in [2.45, 2.75) is 26.3 Å². The summed E-state index contributed by atoms with van der Waals surface area (Å²) in [5.41, 5.74) is 3.19. The Labute approximate surface area is 147 Å². The summed E-state index contributed by atoms with van der Waals surface area (Å²) < 4.78 is 38.7. The molecular weight excluding hydrogens is 343 g/mol. The first-order chi connectivity index (χ1) is 11.7. The molecule has 0 saturated carbocycles. The van der Waals surface area contributed by atoms with Gasteiger partial charge >= 0.3 is 0 Å². The van der Waals surface area contributed by atoms with Crippen LogP contribution in [0.2, 0.25) is 0 Å². The van der Waals surface area contributed by atoms with Crippen LogP contribution in [0.3, 0.4) is 0 Å². The quantitative estimate of drug-likeness (QED) is 0.827. The van der Waals surface area contributed by atoms with Crippen LogP contribution >= 0.6 is 0 Å². The van der Waals surface area contributed by atoms with E-state index in [1.54, 1.807) is 6.07 Å². The maximum atomic E-state index is 13.1. The molecule has 2 N–H and O–H groups in total. The Balaban J connectivity index is 2.19.